The number of carbonyl (C=O) groups is 1. The molecule has 1 aromatic heterocycles. The minimum absolute atomic E-state index is 0.129. The summed E-state index contributed by atoms with van der Waals surface area (Å²) in [6.07, 6.45) is 2.99. The molecule has 1 atom stereocenters. The lowest BCUT2D eigenvalue weighted by atomic mass is 9.74. The van der Waals surface area contributed by atoms with Crippen LogP contribution in [0, 0.1) is 11.3 Å². The van der Waals surface area contributed by atoms with Crippen molar-refractivity contribution in [3.05, 3.63) is 5.82 Å². The van der Waals surface area contributed by atoms with E-state index in [1.165, 1.54) is 18.6 Å². The topological polar surface area (TPSA) is 55.3 Å². The second-order valence-electron chi connectivity index (χ2n) is 5.85. The summed E-state index contributed by atoms with van der Waals surface area (Å²) in [4.78, 5) is 18.8. The monoisotopic (exact) mass is 297 g/mol. The summed E-state index contributed by atoms with van der Waals surface area (Å²) in [7, 11) is 1.46. The number of nitrogens with zero attached hydrogens (tertiary/aromatic N) is 3. The lowest BCUT2D eigenvalue weighted by Crippen LogP contribution is -2.45. The molecule has 20 heavy (non-hydrogen) atoms. The Hall–Kier alpha value is -1.17. The van der Waals surface area contributed by atoms with Gasteiger partial charge in [-0.3, -0.25) is 4.79 Å². The maximum absolute atomic E-state index is 12.0. The van der Waals surface area contributed by atoms with E-state index in [9.17, 15) is 4.79 Å². The quantitative estimate of drug-likeness (QED) is 0.799. The molecule has 0 spiro atoms. The highest BCUT2D eigenvalue weighted by atomic mass is 32.1. The Morgan fingerprint density at radius 1 is 1.55 bits per heavy atom. The van der Waals surface area contributed by atoms with Crippen LogP contribution in [0.15, 0.2) is 0 Å². The third-order valence-electron chi connectivity index (χ3n) is 4.20. The van der Waals surface area contributed by atoms with Crippen LogP contribution >= 0.6 is 11.5 Å². The number of aryl methyl sites for hydroxylation is 1. The number of methoxy groups -OCH3 is 1. The van der Waals surface area contributed by atoms with Crippen LogP contribution in [-0.2, 0) is 16.0 Å². The van der Waals surface area contributed by atoms with Crippen LogP contribution in [0.1, 0.15) is 39.4 Å². The maximum atomic E-state index is 12.0. The van der Waals surface area contributed by atoms with Gasteiger partial charge in [-0.25, -0.2) is 4.98 Å². The smallest absolute Gasteiger partial charge is 0.311 e. The van der Waals surface area contributed by atoms with E-state index in [2.05, 4.69) is 21.2 Å². The SMILES string of the molecule is CCc1nsc(N2CCCC(C(C)(C)C(=O)OC)C2)n1. The van der Waals surface area contributed by atoms with Crippen LogP contribution in [0.2, 0.25) is 0 Å². The van der Waals surface area contributed by atoms with Crippen LogP contribution < -0.4 is 4.90 Å². The summed E-state index contributed by atoms with van der Waals surface area (Å²) < 4.78 is 9.29. The van der Waals surface area contributed by atoms with E-state index < -0.39 is 5.41 Å². The Morgan fingerprint density at radius 2 is 2.30 bits per heavy atom. The molecule has 0 saturated carbocycles. The van der Waals surface area contributed by atoms with E-state index in [0.29, 0.717) is 0 Å². The number of hydrogen-bond donors (Lipinski definition) is 0. The van der Waals surface area contributed by atoms with E-state index in [1.807, 2.05) is 13.8 Å². The number of anilines is 1. The molecule has 0 aliphatic carbocycles. The van der Waals surface area contributed by atoms with Crippen LogP contribution in [0.3, 0.4) is 0 Å². The molecule has 1 aliphatic heterocycles. The molecular weight excluding hydrogens is 274 g/mol. The molecule has 0 amide bonds. The molecule has 1 aromatic rings. The van der Waals surface area contributed by atoms with Crippen molar-refractivity contribution in [2.24, 2.45) is 11.3 Å². The van der Waals surface area contributed by atoms with Gasteiger partial charge in [-0.1, -0.05) is 6.92 Å². The van der Waals surface area contributed by atoms with Crippen molar-refractivity contribution in [1.82, 2.24) is 9.36 Å². The molecule has 0 bridgehead atoms. The fourth-order valence-corrected chi connectivity index (χ4v) is 3.47. The fraction of sp³-hybridized carbons (Fsp3) is 0.786. The van der Waals surface area contributed by atoms with Crippen molar-refractivity contribution in [1.29, 1.82) is 0 Å². The van der Waals surface area contributed by atoms with Crippen LogP contribution in [0.25, 0.3) is 0 Å². The molecule has 0 radical (unpaired) electrons. The van der Waals surface area contributed by atoms with Crippen molar-refractivity contribution in [2.45, 2.75) is 40.0 Å². The highest BCUT2D eigenvalue weighted by Gasteiger charge is 2.40. The van der Waals surface area contributed by atoms with E-state index in [-0.39, 0.29) is 11.9 Å². The Labute approximate surface area is 124 Å². The molecule has 1 unspecified atom stereocenters. The van der Waals surface area contributed by atoms with Crippen molar-refractivity contribution in [3.8, 4) is 0 Å². The third kappa shape index (κ3) is 2.95. The Bertz CT molecular complexity index is 473. The van der Waals surface area contributed by atoms with Gasteiger partial charge in [0.2, 0.25) is 5.13 Å². The molecule has 1 saturated heterocycles. The predicted octanol–water partition coefficient (Wildman–Crippen LogP) is 2.52. The zero-order valence-electron chi connectivity index (χ0n) is 12.7. The first-order valence-corrected chi connectivity index (χ1v) is 7.92. The van der Waals surface area contributed by atoms with Gasteiger partial charge in [0.25, 0.3) is 0 Å². The average molecular weight is 297 g/mol. The van der Waals surface area contributed by atoms with Gasteiger partial charge in [-0.15, -0.1) is 0 Å². The van der Waals surface area contributed by atoms with Crippen molar-refractivity contribution < 1.29 is 9.53 Å². The highest BCUT2D eigenvalue weighted by Crippen LogP contribution is 2.36. The number of ether oxygens (including phenoxy) is 1. The van der Waals surface area contributed by atoms with Gasteiger partial charge in [0.15, 0.2) is 0 Å². The Kier molecular flexibility index (Phi) is 4.62. The first kappa shape index (κ1) is 15.2. The number of hydrogen-bond acceptors (Lipinski definition) is 6. The van der Waals surface area contributed by atoms with Crippen LogP contribution in [-0.4, -0.2) is 35.5 Å². The lowest BCUT2D eigenvalue weighted by Gasteiger charge is -2.39. The number of piperidine rings is 1. The standard InChI is InChI=1S/C14H23N3O2S/c1-5-11-15-13(20-16-11)17-8-6-7-10(9-17)14(2,3)12(18)19-4/h10H,5-9H2,1-4H3. The summed E-state index contributed by atoms with van der Waals surface area (Å²) in [5, 5.41) is 0.979. The summed E-state index contributed by atoms with van der Waals surface area (Å²) in [6.45, 7) is 7.85. The third-order valence-corrected chi connectivity index (χ3v) is 5.01. The van der Waals surface area contributed by atoms with Crippen LogP contribution in [0.5, 0.6) is 0 Å². The lowest BCUT2D eigenvalue weighted by molar-refractivity contribution is -0.154. The van der Waals surface area contributed by atoms with Gasteiger partial charge in [0.05, 0.1) is 12.5 Å². The normalized spacial score (nSPS) is 20.0. The molecule has 5 nitrogen and oxygen atoms in total. The van der Waals surface area contributed by atoms with E-state index in [4.69, 9.17) is 4.74 Å². The minimum atomic E-state index is -0.453. The molecule has 0 aromatic carbocycles. The van der Waals surface area contributed by atoms with Gasteiger partial charge < -0.3 is 9.64 Å². The fourth-order valence-electron chi connectivity index (χ4n) is 2.69. The maximum Gasteiger partial charge on any atom is 0.311 e. The van der Waals surface area contributed by atoms with E-state index in [0.717, 1.165) is 43.3 Å². The van der Waals surface area contributed by atoms with Gasteiger partial charge in [-0.05, 0) is 32.6 Å². The van der Waals surface area contributed by atoms with Crippen LogP contribution in [0.4, 0.5) is 5.13 Å². The zero-order valence-corrected chi connectivity index (χ0v) is 13.5. The largest absolute Gasteiger partial charge is 0.469 e. The number of rotatable bonds is 4. The molecule has 1 aliphatic rings. The molecule has 112 valence electrons. The predicted molar refractivity (Wildman–Crippen MR) is 80.0 cm³/mol. The van der Waals surface area contributed by atoms with Gasteiger partial charge in [0, 0.05) is 31.0 Å². The van der Waals surface area contributed by atoms with Crippen molar-refractivity contribution in [2.75, 3.05) is 25.1 Å². The second kappa shape index (κ2) is 6.08. The first-order chi connectivity index (χ1) is 9.48. The summed E-state index contributed by atoms with van der Waals surface area (Å²) in [6, 6.07) is 0. The number of aromatic nitrogens is 2. The molecule has 2 heterocycles. The van der Waals surface area contributed by atoms with Gasteiger partial charge >= 0.3 is 5.97 Å². The van der Waals surface area contributed by atoms with Gasteiger partial charge in [0.1, 0.15) is 5.82 Å². The summed E-state index contributed by atoms with van der Waals surface area (Å²) in [5.41, 5.74) is -0.453. The average Bonchev–Trinajstić information content (AvgIpc) is 2.95. The van der Waals surface area contributed by atoms with E-state index >= 15 is 0 Å². The van der Waals surface area contributed by atoms with Gasteiger partial charge in [-0.2, -0.15) is 4.37 Å². The minimum Gasteiger partial charge on any atom is -0.469 e. The Morgan fingerprint density at radius 3 is 2.90 bits per heavy atom. The van der Waals surface area contributed by atoms with Crippen molar-refractivity contribution in [3.63, 3.8) is 0 Å². The number of esters is 1. The highest BCUT2D eigenvalue weighted by molar-refractivity contribution is 7.09. The van der Waals surface area contributed by atoms with Crippen molar-refractivity contribution >= 4 is 22.6 Å². The molecule has 1 fully saturated rings. The van der Waals surface area contributed by atoms with E-state index in [1.54, 1.807) is 0 Å². The molecule has 2 rings (SSSR count). The molecule has 6 heteroatoms. The summed E-state index contributed by atoms with van der Waals surface area (Å²) >= 11 is 1.46. The summed E-state index contributed by atoms with van der Waals surface area (Å²) in [5.74, 6) is 1.06. The molecule has 0 N–H and O–H groups in total. The zero-order chi connectivity index (χ0) is 14.8. The second-order valence-corrected chi connectivity index (χ2v) is 6.58. The number of carbonyl (C=O) groups excluding carboxylic acids is 1. The molecular formula is C14H23N3O2S. The first-order valence-electron chi connectivity index (χ1n) is 7.15. The Balaban J connectivity index is 2.10.